The highest BCUT2D eigenvalue weighted by Gasteiger charge is 2.27. The number of anilines is 1. The molecule has 0 radical (unpaired) electrons. The third-order valence-corrected chi connectivity index (χ3v) is 6.18. The summed E-state index contributed by atoms with van der Waals surface area (Å²) in [4.78, 5) is 14.5. The number of nitrogens with two attached hydrogens (primary N) is 1. The van der Waals surface area contributed by atoms with Crippen LogP contribution in [0.5, 0.6) is 0 Å². The van der Waals surface area contributed by atoms with Gasteiger partial charge in [0, 0.05) is 37.0 Å². The second kappa shape index (κ2) is 8.15. The molecule has 1 aliphatic heterocycles. The summed E-state index contributed by atoms with van der Waals surface area (Å²) < 4.78 is 28.0. The zero-order valence-corrected chi connectivity index (χ0v) is 18.3. The van der Waals surface area contributed by atoms with Gasteiger partial charge >= 0.3 is 0 Å². The maximum absolute atomic E-state index is 14.3. The Hall–Kier alpha value is -3.03. The van der Waals surface area contributed by atoms with Crippen LogP contribution >= 0.6 is 11.6 Å². The molecular weight excluding hydrogens is 432 g/mol. The van der Waals surface area contributed by atoms with Crippen molar-refractivity contribution in [2.45, 2.75) is 25.8 Å². The van der Waals surface area contributed by atoms with E-state index in [1.54, 1.807) is 12.3 Å². The van der Waals surface area contributed by atoms with Gasteiger partial charge in [-0.1, -0.05) is 17.7 Å². The number of hydrogen-bond acceptors (Lipinski definition) is 4. The van der Waals surface area contributed by atoms with Crippen LogP contribution < -0.4 is 10.6 Å². The number of aryl methyl sites for hydroxylation is 1. The lowest BCUT2D eigenvalue weighted by Gasteiger charge is -2.34. The van der Waals surface area contributed by atoms with Crippen LogP contribution in [0.3, 0.4) is 0 Å². The van der Waals surface area contributed by atoms with E-state index in [4.69, 9.17) is 17.3 Å². The fourth-order valence-corrected chi connectivity index (χ4v) is 4.57. The Morgan fingerprint density at radius 3 is 2.62 bits per heavy atom. The molecule has 164 valence electrons. The van der Waals surface area contributed by atoms with Gasteiger partial charge in [-0.2, -0.15) is 0 Å². The van der Waals surface area contributed by atoms with Gasteiger partial charge in [-0.15, -0.1) is 0 Å². The third-order valence-electron chi connectivity index (χ3n) is 5.90. The molecule has 1 saturated heterocycles. The highest BCUT2D eigenvalue weighted by atomic mass is 35.5. The van der Waals surface area contributed by atoms with Crippen LogP contribution in [0.2, 0.25) is 5.15 Å². The van der Waals surface area contributed by atoms with Gasteiger partial charge in [-0.05, 0) is 55.2 Å². The highest BCUT2D eigenvalue weighted by molar-refractivity contribution is 6.33. The second-order valence-corrected chi connectivity index (χ2v) is 8.63. The van der Waals surface area contributed by atoms with Crippen LogP contribution in [0, 0.1) is 18.6 Å². The predicted molar refractivity (Wildman–Crippen MR) is 124 cm³/mol. The number of benzene rings is 2. The van der Waals surface area contributed by atoms with Crippen LogP contribution in [0.25, 0.3) is 33.5 Å². The van der Waals surface area contributed by atoms with Gasteiger partial charge < -0.3 is 15.6 Å². The SMILES string of the molecule is Cc1cc(F)cc(-c2cnc(Cl)c(-c3nc4cc(F)ccc4[nH]3)c2N2CCC(N)CC2)c1. The third kappa shape index (κ3) is 3.82. The fraction of sp³-hybridized carbons (Fsp3) is 0.250. The Labute approximate surface area is 189 Å². The van der Waals surface area contributed by atoms with Crippen molar-refractivity contribution in [2.24, 2.45) is 5.73 Å². The van der Waals surface area contributed by atoms with E-state index in [-0.39, 0.29) is 22.8 Å². The molecule has 2 aromatic carbocycles. The Balaban J connectivity index is 1.76. The lowest BCUT2D eigenvalue weighted by Crippen LogP contribution is -2.40. The smallest absolute Gasteiger partial charge is 0.143 e. The molecule has 5 nitrogen and oxygen atoms in total. The molecule has 0 unspecified atom stereocenters. The Kier molecular flexibility index (Phi) is 5.31. The van der Waals surface area contributed by atoms with E-state index in [2.05, 4.69) is 19.9 Å². The first-order valence-electron chi connectivity index (χ1n) is 10.5. The van der Waals surface area contributed by atoms with E-state index in [1.807, 2.05) is 13.0 Å². The number of H-pyrrole nitrogens is 1. The number of nitrogens with zero attached hydrogens (tertiary/aromatic N) is 3. The zero-order valence-electron chi connectivity index (χ0n) is 17.5. The molecule has 0 saturated carbocycles. The number of aromatic nitrogens is 3. The van der Waals surface area contributed by atoms with Gasteiger partial charge in [-0.25, -0.2) is 18.7 Å². The average Bonchev–Trinajstić information content (AvgIpc) is 3.16. The molecule has 0 aliphatic carbocycles. The number of rotatable bonds is 3. The van der Waals surface area contributed by atoms with E-state index in [9.17, 15) is 8.78 Å². The molecule has 5 rings (SSSR count). The van der Waals surface area contributed by atoms with Gasteiger partial charge in [0.1, 0.15) is 22.6 Å². The van der Waals surface area contributed by atoms with E-state index in [0.717, 1.165) is 42.7 Å². The van der Waals surface area contributed by atoms with Gasteiger partial charge in [0.2, 0.25) is 0 Å². The van der Waals surface area contributed by atoms with Gasteiger partial charge in [0.15, 0.2) is 0 Å². The molecule has 8 heteroatoms. The zero-order chi connectivity index (χ0) is 22.4. The van der Waals surface area contributed by atoms with Crippen molar-refractivity contribution in [2.75, 3.05) is 18.0 Å². The lowest BCUT2D eigenvalue weighted by molar-refractivity contribution is 0.501. The standard InChI is InChI=1S/C24H22ClF2N5/c1-13-8-14(10-16(27)9-13)18-12-29-23(25)21(22(18)32-6-4-17(28)5-7-32)24-30-19-3-2-15(26)11-20(19)31-24/h2-3,8-12,17H,4-7,28H2,1H3,(H,30,31). The first kappa shape index (κ1) is 20.8. The van der Waals surface area contributed by atoms with Crippen LogP contribution in [0.4, 0.5) is 14.5 Å². The summed E-state index contributed by atoms with van der Waals surface area (Å²) in [6.45, 7) is 3.31. The van der Waals surface area contributed by atoms with Gasteiger partial charge in [0.25, 0.3) is 0 Å². The number of nitrogens with one attached hydrogen (secondary N) is 1. The minimum Gasteiger partial charge on any atom is -0.370 e. The number of piperidine rings is 1. The van der Waals surface area contributed by atoms with Gasteiger partial charge in [-0.3, -0.25) is 0 Å². The van der Waals surface area contributed by atoms with E-state index in [0.29, 0.717) is 28.0 Å². The predicted octanol–water partition coefficient (Wildman–Crippen LogP) is 5.46. The molecule has 3 heterocycles. The van der Waals surface area contributed by atoms with Crippen molar-refractivity contribution in [1.29, 1.82) is 0 Å². The molecule has 1 fully saturated rings. The maximum Gasteiger partial charge on any atom is 0.143 e. The van der Waals surface area contributed by atoms with Gasteiger partial charge in [0.05, 0.1) is 22.3 Å². The van der Waals surface area contributed by atoms with E-state index >= 15 is 0 Å². The maximum atomic E-state index is 14.3. The summed E-state index contributed by atoms with van der Waals surface area (Å²) in [6, 6.07) is 9.43. The summed E-state index contributed by atoms with van der Waals surface area (Å²) >= 11 is 6.62. The summed E-state index contributed by atoms with van der Waals surface area (Å²) in [5.41, 5.74) is 11.0. The van der Waals surface area contributed by atoms with E-state index < -0.39 is 0 Å². The summed E-state index contributed by atoms with van der Waals surface area (Å²) in [7, 11) is 0. The van der Waals surface area contributed by atoms with Crippen molar-refractivity contribution in [3.05, 3.63) is 64.9 Å². The highest BCUT2D eigenvalue weighted by Crippen LogP contribution is 2.43. The number of aromatic amines is 1. The van der Waals surface area contributed by atoms with Crippen molar-refractivity contribution in [3.8, 4) is 22.5 Å². The largest absolute Gasteiger partial charge is 0.370 e. The fourth-order valence-electron chi connectivity index (χ4n) is 4.34. The lowest BCUT2D eigenvalue weighted by atomic mass is 9.97. The molecule has 2 aromatic heterocycles. The van der Waals surface area contributed by atoms with Crippen molar-refractivity contribution in [3.63, 3.8) is 0 Å². The van der Waals surface area contributed by atoms with E-state index in [1.165, 1.54) is 24.3 Å². The van der Waals surface area contributed by atoms with Crippen molar-refractivity contribution >= 4 is 28.3 Å². The Morgan fingerprint density at radius 1 is 1.09 bits per heavy atom. The Morgan fingerprint density at radius 2 is 1.88 bits per heavy atom. The quantitative estimate of drug-likeness (QED) is 0.404. The van der Waals surface area contributed by atoms with Crippen LogP contribution in [0.15, 0.2) is 42.6 Å². The van der Waals surface area contributed by atoms with Crippen LogP contribution in [0.1, 0.15) is 18.4 Å². The first-order valence-corrected chi connectivity index (χ1v) is 10.9. The topological polar surface area (TPSA) is 70.8 Å². The monoisotopic (exact) mass is 453 g/mol. The minimum absolute atomic E-state index is 0.140. The number of pyridine rings is 1. The van der Waals surface area contributed by atoms with Crippen LogP contribution in [-0.4, -0.2) is 34.1 Å². The Bertz CT molecular complexity index is 1290. The molecule has 0 bridgehead atoms. The number of fused-ring (bicyclic) bond motifs is 1. The minimum atomic E-state index is -0.367. The average molecular weight is 454 g/mol. The molecular formula is C24H22ClF2N5. The normalized spacial score (nSPS) is 15.0. The second-order valence-electron chi connectivity index (χ2n) is 8.27. The number of hydrogen-bond donors (Lipinski definition) is 2. The molecule has 32 heavy (non-hydrogen) atoms. The molecule has 0 amide bonds. The first-order chi connectivity index (χ1) is 15.4. The number of imidazole rings is 1. The molecule has 4 aromatic rings. The molecule has 0 spiro atoms. The summed E-state index contributed by atoms with van der Waals surface area (Å²) in [5, 5.41) is 0.270. The summed E-state index contributed by atoms with van der Waals surface area (Å²) in [5.74, 6) is -0.195. The van der Waals surface area contributed by atoms with Crippen molar-refractivity contribution < 1.29 is 8.78 Å². The molecule has 1 aliphatic rings. The van der Waals surface area contributed by atoms with Crippen molar-refractivity contribution in [1.82, 2.24) is 15.0 Å². The summed E-state index contributed by atoms with van der Waals surface area (Å²) in [6.07, 6.45) is 3.32. The van der Waals surface area contributed by atoms with Crippen LogP contribution in [-0.2, 0) is 0 Å². The molecule has 0 atom stereocenters. The number of halogens is 3. The molecule has 3 N–H and O–H groups in total.